The van der Waals surface area contributed by atoms with E-state index in [1.54, 1.807) is 0 Å². The molecule has 0 aromatic heterocycles. The molecule has 1 saturated carbocycles. The lowest BCUT2D eigenvalue weighted by molar-refractivity contribution is 0.125. The Kier molecular flexibility index (Phi) is 7.40. The van der Waals surface area contributed by atoms with Gasteiger partial charge in [0, 0.05) is 5.33 Å². The molecular weight excluding hydrogens is 460 g/mol. The molecule has 1 nitrogen and oxygen atoms in total. The van der Waals surface area contributed by atoms with Crippen LogP contribution in [0.25, 0.3) is 0 Å². The first-order valence-corrected chi connectivity index (χ1v) is 14.7. The molecule has 0 aliphatic heterocycles. The summed E-state index contributed by atoms with van der Waals surface area (Å²) in [5, 5.41) is 2.98. The van der Waals surface area contributed by atoms with Crippen molar-refractivity contribution >= 4 is 34.6 Å². The highest BCUT2D eigenvalue weighted by molar-refractivity contribution is 9.09. The van der Waals surface area contributed by atoms with Crippen LogP contribution in [-0.2, 0) is 0 Å². The number of allylic oxidation sites excluding steroid dienone is 2. The van der Waals surface area contributed by atoms with Crippen molar-refractivity contribution in [3.8, 4) is 0 Å². The molecule has 1 aliphatic carbocycles. The van der Waals surface area contributed by atoms with Gasteiger partial charge in [-0.2, -0.15) is 0 Å². The van der Waals surface area contributed by atoms with Crippen LogP contribution in [0.5, 0.6) is 0 Å². The molecule has 1 N–H and O–H groups in total. The second-order valence-electron chi connectivity index (χ2n) is 10.8. The summed E-state index contributed by atoms with van der Waals surface area (Å²) in [6.45, 7) is 11.9. The summed E-state index contributed by atoms with van der Waals surface area (Å²) in [7, 11) is -2.92. The minimum absolute atomic E-state index is 0.170. The fraction of sp³-hybridized carbons (Fsp3) is 0.500. The molecular formula is C28H39BrOSi. The zero-order chi connectivity index (χ0) is 22.8. The lowest BCUT2D eigenvalue weighted by Gasteiger charge is -2.44. The van der Waals surface area contributed by atoms with E-state index in [0.29, 0.717) is 5.92 Å². The van der Waals surface area contributed by atoms with Crippen LogP contribution < -0.4 is 10.4 Å². The van der Waals surface area contributed by atoms with Crippen molar-refractivity contribution in [3.05, 3.63) is 72.8 Å². The summed E-state index contributed by atoms with van der Waals surface area (Å²) >= 11 is 3.55. The maximum Gasteiger partial charge on any atom is 0.258 e. The Morgan fingerprint density at radius 1 is 1.00 bits per heavy atom. The minimum Gasteiger partial charge on any atom is -0.424 e. The first kappa shape index (κ1) is 24.5. The van der Waals surface area contributed by atoms with E-state index in [9.17, 15) is 4.80 Å². The first-order chi connectivity index (χ1) is 14.6. The van der Waals surface area contributed by atoms with E-state index in [1.165, 1.54) is 12.8 Å². The van der Waals surface area contributed by atoms with E-state index in [0.717, 1.165) is 28.5 Å². The molecule has 2 aromatic rings. The third-order valence-corrected chi connectivity index (χ3v) is 13.5. The maximum atomic E-state index is 12.4. The topological polar surface area (TPSA) is 20.2 Å². The monoisotopic (exact) mass is 498 g/mol. The van der Waals surface area contributed by atoms with Crippen molar-refractivity contribution in [2.45, 2.75) is 65.3 Å². The highest BCUT2D eigenvalue weighted by atomic mass is 79.9. The van der Waals surface area contributed by atoms with Crippen molar-refractivity contribution < 1.29 is 4.80 Å². The van der Waals surface area contributed by atoms with Gasteiger partial charge in [0.1, 0.15) is 0 Å². The Labute approximate surface area is 199 Å². The largest absolute Gasteiger partial charge is 0.424 e. The Balaban J connectivity index is 1.88. The standard InChI is InChI=1S/C28H39BrOSi/c1-26(2,20-17-23-18-21-28(5,19-12-22-29)27(23,3)4)31(30,24-13-8-6-9-14-24)25-15-10-7-11-16-25/h6-16,19,23,30H,17-18,20-22H2,1-5H3/b19-12+/t23-,28+/m1/s1. The fourth-order valence-electron chi connectivity index (χ4n) is 5.75. The van der Waals surface area contributed by atoms with Gasteiger partial charge in [0.25, 0.3) is 8.32 Å². The van der Waals surface area contributed by atoms with Gasteiger partial charge in [-0.1, -0.05) is 123 Å². The van der Waals surface area contributed by atoms with Crippen LogP contribution in [-0.4, -0.2) is 18.4 Å². The predicted molar refractivity (Wildman–Crippen MR) is 141 cm³/mol. The summed E-state index contributed by atoms with van der Waals surface area (Å²) in [5.41, 5.74) is 0.489. The van der Waals surface area contributed by atoms with Crippen molar-refractivity contribution in [3.63, 3.8) is 0 Å². The number of hydrogen-bond acceptors (Lipinski definition) is 1. The third kappa shape index (κ3) is 4.51. The van der Waals surface area contributed by atoms with Crippen LogP contribution in [0.4, 0.5) is 0 Å². The molecule has 0 saturated heterocycles. The van der Waals surface area contributed by atoms with Gasteiger partial charge < -0.3 is 4.80 Å². The average molecular weight is 500 g/mol. The van der Waals surface area contributed by atoms with Crippen LogP contribution in [0.3, 0.4) is 0 Å². The number of hydrogen-bond donors (Lipinski definition) is 1. The first-order valence-electron chi connectivity index (χ1n) is 11.7. The molecule has 0 bridgehead atoms. The van der Waals surface area contributed by atoms with Gasteiger partial charge in [0.05, 0.1) is 0 Å². The lowest BCUT2D eigenvalue weighted by atomic mass is 9.64. The SMILES string of the molecule is CC1(C)[C@H](CCC(C)(C)[Si](O)(c2ccccc2)c2ccccc2)CC[C@]1(C)/C=C/CBr. The Bertz CT molecular complexity index is 835. The van der Waals surface area contributed by atoms with Gasteiger partial charge in [-0.15, -0.1) is 0 Å². The van der Waals surface area contributed by atoms with E-state index < -0.39 is 8.32 Å². The number of halogens is 1. The minimum atomic E-state index is -2.92. The Hall–Kier alpha value is -1.16. The van der Waals surface area contributed by atoms with Gasteiger partial charge in [0.15, 0.2) is 0 Å². The molecule has 0 spiro atoms. The molecule has 0 radical (unpaired) electrons. The summed E-state index contributed by atoms with van der Waals surface area (Å²) in [6.07, 6.45) is 9.41. The van der Waals surface area contributed by atoms with Crippen molar-refractivity contribution in [2.24, 2.45) is 16.7 Å². The molecule has 1 fully saturated rings. The van der Waals surface area contributed by atoms with E-state index in [1.807, 2.05) is 12.1 Å². The van der Waals surface area contributed by atoms with Crippen LogP contribution in [0.2, 0.25) is 5.04 Å². The van der Waals surface area contributed by atoms with Gasteiger partial charge in [-0.25, -0.2) is 0 Å². The second-order valence-corrected chi connectivity index (χ2v) is 15.4. The van der Waals surface area contributed by atoms with Crippen LogP contribution in [0.15, 0.2) is 72.8 Å². The quantitative estimate of drug-likeness (QED) is 0.244. The number of rotatable bonds is 8. The average Bonchev–Trinajstić information content (AvgIpc) is 3.00. The molecule has 31 heavy (non-hydrogen) atoms. The Morgan fingerprint density at radius 3 is 2.00 bits per heavy atom. The molecule has 2 aromatic carbocycles. The van der Waals surface area contributed by atoms with Crippen LogP contribution >= 0.6 is 15.9 Å². The lowest BCUT2D eigenvalue weighted by Crippen LogP contribution is -2.65. The normalized spacial score (nSPS) is 24.0. The second kappa shape index (κ2) is 9.37. The van der Waals surface area contributed by atoms with Gasteiger partial charge >= 0.3 is 0 Å². The Morgan fingerprint density at radius 2 is 1.52 bits per heavy atom. The molecule has 1 aliphatic rings. The summed E-state index contributed by atoms with van der Waals surface area (Å²) in [6, 6.07) is 20.8. The zero-order valence-electron chi connectivity index (χ0n) is 19.9. The van der Waals surface area contributed by atoms with Crippen molar-refractivity contribution in [1.29, 1.82) is 0 Å². The molecule has 0 unspecified atom stereocenters. The van der Waals surface area contributed by atoms with Crippen LogP contribution in [0.1, 0.15) is 60.3 Å². The number of benzene rings is 2. The highest BCUT2D eigenvalue weighted by Crippen LogP contribution is 2.59. The van der Waals surface area contributed by atoms with Crippen molar-refractivity contribution in [1.82, 2.24) is 0 Å². The van der Waals surface area contributed by atoms with Gasteiger partial charge in [-0.05, 0) is 57.8 Å². The molecule has 168 valence electrons. The highest BCUT2D eigenvalue weighted by Gasteiger charge is 2.53. The zero-order valence-corrected chi connectivity index (χ0v) is 22.5. The molecule has 3 rings (SSSR count). The summed E-state index contributed by atoms with van der Waals surface area (Å²) in [4.78, 5) is 12.4. The van der Waals surface area contributed by atoms with Crippen LogP contribution in [0, 0.1) is 16.7 Å². The van der Waals surface area contributed by atoms with Gasteiger partial charge in [0.2, 0.25) is 0 Å². The molecule has 0 heterocycles. The summed E-state index contributed by atoms with van der Waals surface area (Å²) < 4.78 is 0. The molecule has 0 amide bonds. The fourth-order valence-corrected chi connectivity index (χ4v) is 9.69. The smallest absolute Gasteiger partial charge is 0.258 e. The van der Waals surface area contributed by atoms with Crippen molar-refractivity contribution in [2.75, 3.05) is 5.33 Å². The molecule has 3 heteroatoms. The maximum absolute atomic E-state index is 12.4. The van der Waals surface area contributed by atoms with E-state index >= 15 is 0 Å². The molecule has 2 atom stereocenters. The van der Waals surface area contributed by atoms with Gasteiger partial charge in [-0.3, -0.25) is 0 Å². The summed E-state index contributed by atoms with van der Waals surface area (Å²) in [5.74, 6) is 0.668. The number of alkyl halides is 1. The predicted octanol–water partition coefficient (Wildman–Crippen LogP) is 6.69. The van der Waals surface area contributed by atoms with E-state index in [-0.39, 0.29) is 15.9 Å². The third-order valence-electron chi connectivity index (χ3n) is 8.56. The van der Waals surface area contributed by atoms with E-state index in [2.05, 4.69) is 111 Å². The van der Waals surface area contributed by atoms with E-state index in [4.69, 9.17) is 0 Å².